The first-order valence-electron chi connectivity index (χ1n) is 7.13. The molecule has 2 aromatic rings. The Balaban J connectivity index is 1.84. The molecule has 2 N–H and O–H groups in total. The highest BCUT2D eigenvalue weighted by atomic mass is 32.2. The largest absolute Gasteiger partial charge is 0.468 e. The molecule has 3 rings (SSSR count). The second kappa shape index (κ2) is 6.01. The molecule has 0 spiro atoms. The highest BCUT2D eigenvalue weighted by Crippen LogP contribution is 2.37. The van der Waals surface area contributed by atoms with E-state index in [1.807, 2.05) is 19.1 Å². The van der Waals surface area contributed by atoms with Gasteiger partial charge < -0.3 is 14.7 Å². The zero-order valence-corrected chi connectivity index (χ0v) is 12.5. The summed E-state index contributed by atoms with van der Waals surface area (Å²) in [6.45, 7) is 3.01. The highest BCUT2D eigenvalue weighted by molar-refractivity contribution is 7.99. The standard InChI is InChI=1S/C14H20N4OS/c1-10(15)13(11-6-5-9-19-11)20-14-17-16-12-7-3-2-4-8-18(12)14/h5-6,9-10,13H,2-4,7-8,15H2,1H3. The van der Waals surface area contributed by atoms with Gasteiger partial charge in [0.05, 0.1) is 11.5 Å². The maximum absolute atomic E-state index is 6.11. The summed E-state index contributed by atoms with van der Waals surface area (Å²) >= 11 is 1.66. The lowest BCUT2D eigenvalue weighted by molar-refractivity contribution is 0.485. The zero-order valence-electron chi connectivity index (χ0n) is 11.7. The van der Waals surface area contributed by atoms with Crippen LogP contribution in [0.4, 0.5) is 0 Å². The third-order valence-electron chi connectivity index (χ3n) is 3.61. The zero-order chi connectivity index (χ0) is 13.9. The maximum Gasteiger partial charge on any atom is 0.191 e. The van der Waals surface area contributed by atoms with Crippen molar-refractivity contribution >= 4 is 11.8 Å². The average Bonchev–Trinajstić information content (AvgIpc) is 3.01. The molecule has 0 aromatic carbocycles. The molecule has 0 fully saturated rings. The molecule has 0 radical (unpaired) electrons. The van der Waals surface area contributed by atoms with Gasteiger partial charge >= 0.3 is 0 Å². The fourth-order valence-corrected chi connectivity index (χ4v) is 3.64. The van der Waals surface area contributed by atoms with Gasteiger partial charge in [-0.1, -0.05) is 18.2 Å². The molecule has 0 amide bonds. The molecule has 20 heavy (non-hydrogen) atoms. The van der Waals surface area contributed by atoms with Crippen molar-refractivity contribution in [3.05, 3.63) is 30.0 Å². The van der Waals surface area contributed by atoms with Crippen molar-refractivity contribution in [3.63, 3.8) is 0 Å². The van der Waals surface area contributed by atoms with Crippen LogP contribution in [0.1, 0.15) is 43.0 Å². The second-order valence-electron chi connectivity index (χ2n) is 5.27. The summed E-state index contributed by atoms with van der Waals surface area (Å²) in [7, 11) is 0. The lowest BCUT2D eigenvalue weighted by Crippen LogP contribution is -2.22. The van der Waals surface area contributed by atoms with Gasteiger partial charge in [-0.15, -0.1) is 10.2 Å². The van der Waals surface area contributed by atoms with Crippen molar-refractivity contribution in [2.24, 2.45) is 5.73 Å². The van der Waals surface area contributed by atoms with Crippen LogP contribution in [-0.4, -0.2) is 20.8 Å². The van der Waals surface area contributed by atoms with E-state index < -0.39 is 0 Å². The molecular weight excluding hydrogens is 272 g/mol. The second-order valence-corrected chi connectivity index (χ2v) is 6.38. The van der Waals surface area contributed by atoms with Crippen molar-refractivity contribution in [2.45, 2.75) is 55.6 Å². The topological polar surface area (TPSA) is 69.9 Å². The number of fused-ring (bicyclic) bond motifs is 1. The molecule has 3 heterocycles. The van der Waals surface area contributed by atoms with E-state index in [0.29, 0.717) is 0 Å². The van der Waals surface area contributed by atoms with Crippen LogP contribution in [0.25, 0.3) is 0 Å². The monoisotopic (exact) mass is 292 g/mol. The Hall–Kier alpha value is -1.27. The number of aromatic nitrogens is 3. The lowest BCUT2D eigenvalue weighted by atomic mass is 10.2. The van der Waals surface area contributed by atoms with Gasteiger partial charge in [-0.2, -0.15) is 0 Å². The van der Waals surface area contributed by atoms with Crippen LogP contribution in [0.5, 0.6) is 0 Å². The van der Waals surface area contributed by atoms with Crippen LogP contribution >= 0.6 is 11.8 Å². The summed E-state index contributed by atoms with van der Waals surface area (Å²) in [5, 5.41) is 9.71. The quantitative estimate of drug-likeness (QED) is 0.877. The van der Waals surface area contributed by atoms with Gasteiger partial charge in [0.2, 0.25) is 0 Å². The Morgan fingerprint density at radius 3 is 3.00 bits per heavy atom. The van der Waals surface area contributed by atoms with Crippen LogP contribution in [0.3, 0.4) is 0 Å². The van der Waals surface area contributed by atoms with E-state index in [9.17, 15) is 0 Å². The number of hydrogen-bond donors (Lipinski definition) is 1. The predicted molar refractivity (Wildman–Crippen MR) is 78.5 cm³/mol. The van der Waals surface area contributed by atoms with Crippen molar-refractivity contribution in [1.29, 1.82) is 0 Å². The fourth-order valence-electron chi connectivity index (χ4n) is 2.54. The lowest BCUT2D eigenvalue weighted by Gasteiger charge is -2.18. The fraction of sp³-hybridized carbons (Fsp3) is 0.571. The van der Waals surface area contributed by atoms with Crippen molar-refractivity contribution < 1.29 is 4.42 Å². The number of hydrogen-bond acceptors (Lipinski definition) is 5. The SMILES string of the molecule is CC(N)C(Sc1nnc2n1CCCCC2)c1ccco1. The van der Waals surface area contributed by atoms with Crippen LogP contribution < -0.4 is 5.73 Å². The minimum Gasteiger partial charge on any atom is -0.468 e. The van der Waals surface area contributed by atoms with Gasteiger partial charge in [-0.25, -0.2) is 0 Å². The summed E-state index contributed by atoms with van der Waals surface area (Å²) in [5.41, 5.74) is 6.11. The Kier molecular flexibility index (Phi) is 4.12. The number of thioether (sulfide) groups is 1. The van der Waals surface area contributed by atoms with Crippen molar-refractivity contribution in [1.82, 2.24) is 14.8 Å². The molecule has 6 heteroatoms. The smallest absolute Gasteiger partial charge is 0.191 e. The number of nitrogens with zero attached hydrogens (tertiary/aromatic N) is 3. The van der Waals surface area contributed by atoms with Crippen LogP contribution in [0.15, 0.2) is 28.0 Å². The Labute approximate surface area is 122 Å². The first-order valence-corrected chi connectivity index (χ1v) is 8.01. The third-order valence-corrected chi connectivity index (χ3v) is 5.04. The molecule has 0 bridgehead atoms. The summed E-state index contributed by atoms with van der Waals surface area (Å²) in [6.07, 6.45) is 6.38. The van der Waals surface area contributed by atoms with Crippen LogP contribution in [-0.2, 0) is 13.0 Å². The number of nitrogens with two attached hydrogens (primary N) is 1. The van der Waals surface area contributed by atoms with Crippen LogP contribution in [0, 0.1) is 0 Å². The van der Waals surface area contributed by atoms with E-state index >= 15 is 0 Å². The molecule has 1 aliphatic rings. The molecule has 0 saturated carbocycles. The molecular formula is C14H20N4OS. The molecule has 2 unspecified atom stereocenters. The number of rotatable bonds is 4. The van der Waals surface area contributed by atoms with E-state index in [1.165, 1.54) is 19.3 Å². The van der Waals surface area contributed by atoms with E-state index in [0.717, 1.165) is 29.7 Å². The van der Waals surface area contributed by atoms with Gasteiger partial charge in [0.15, 0.2) is 5.16 Å². The van der Waals surface area contributed by atoms with Crippen molar-refractivity contribution in [2.75, 3.05) is 0 Å². The molecule has 0 aliphatic carbocycles. The minimum absolute atomic E-state index is 0.00937. The van der Waals surface area contributed by atoms with E-state index in [1.54, 1.807) is 18.0 Å². The Morgan fingerprint density at radius 1 is 1.35 bits per heavy atom. The first-order chi connectivity index (χ1) is 9.75. The van der Waals surface area contributed by atoms with Crippen LogP contribution in [0.2, 0.25) is 0 Å². The highest BCUT2D eigenvalue weighted by Gasteiger charge is 2.24. The first kappa shape index (κ1) is 13.7. The molecule has 5 nitrogen and oxygen atoms in total. The Bertz CT molecular complexity index is 550. The Morgan fingerprint density at radius 2 is 2.25 bits per heavy atom. The summed E-state index contributed by atoms with van der Waals surface area (Å²) in [4.78, 5) is 0. The minimum atomic E-state index is -0.00937. The van der Waals surface area contributed by atoms with Gasteiger partial charge in [-0.05, 0) is 31.9 Å². The van der Waals surface area contributed by atoms with Crippen molar-refractivity contribution in [3.8, 4) is 0 Å². The predicted octanol–water partition coefficient (Wildman–Crippen LogP) is 2.78. The summed E-state index contributed by atoms with van der Waals surface area (Å²) in [5.74, 6) is 2.00. The van der Waals surface area contributed by atoms with E-state index in [-0.39, 0.29) is 11.3 Å². The average molecular weight is 292 g/mol. The maximum atomic E-state index is 6.11. The van der Waals surface area contributed by atoms with E-state index in [2.05, 4.69) is 14.8 Å². The van der Waals surface area contributed by atoms with Gasteiger partial charge in [-0.3, -0.25) is 0 Å². The molecule has 0 saturated heterocycles. The molecule has 1 aliphatic heterocycles. The van der Waals surface area contributed by atoms with Gasteiger partial charge in [0.1, 0.15) is 11.6 Å². The summed E-state index contributed by atoms with van der Waals surface area (Å²) in [6, 6.07) is 3.86. The number of furan rings is 1. The van der Waals surface area contributed by atoms with Gasteiger partial charge in [0.25, 0.3) is 0 Å². The molecule has 2 atom stereocenters. The van der Waals surface area contributed by atoms with Gasteiger partial charge in [0, 0.05) is 19.0 Å². The normalized spacial score (nSPS) is 18.3. The third kappa shape index (κ3) is 2.76. The summed E-state index contributed by atoms with van der Waals surface area (Å²) < 4.78 is 7.76. The number of aryl methyl sites for hydroxylation is 1. The molecule has 2 aromatic heterocycles. The van der Waals surface area contributed by atoms with E-state index in [4.69, 9.17) is 10.2 Å². The molecule has 108 valence electrons.